The van der Waals surface area contributed by atoms with Crippen LogP contribution in [0.2, 0.25) is 5.02 Å². The number of hydrogen-bond donors (Lipinski definition) is 1. The lowest BCUT2D eigenvalue weighted by atomic mass is 10.1. The Morgan fingerprint density at radius 2 is 2.04 bits per heavy atom. The highest BCUT2D eigenvalue weighted by Crippen LogP contribution is 2.33. The molecule has 0 saturated carbocycles. The van der Waals surface area contributed by atoms with Crippen LogP contribution in [0, 0.1) is 0 Å². The molecular formula is C18H10ClF3N2O4. The number of furan rings is 1. The molecule has 0 radical (unpaired) electrons. The number of benzene rings is 1. The molecule has 0 bridgehead atoms. The molecule has 1 aromatic heterocycles. The fourth-order valence-electron chi connectivity index (χ4n) is 2.38. The smallest absolute Gasteiger partial charge is 0.435 e. The number of carbonyl (C=O) groups excluding carboxylic acids is 1. The molecule has 0 spiro atoms. The number of carboxylic acids is 1. The summed E-state index contributed by atoms with van der Waals surface area (Å²) in [5.74, 6) is -2.07. The summed E-state index contributed by atoms with van der Waals surface area (Å²) in [4.78, 5) is 23.7. The number of carboxylic acid groups (broad SMARTS) is 1. The SMILES string of the molecule is O=C(O)c1cc(N2N=C(C(F)(F)F)C(=CC=Cc3ccco3)C2=O)ccc1Cl. The lowest BCUT2D eigenvalue weighted by molar-refractivity contribution is -0.114. The van der Waals surface area contributed by atoms with Gasteiger partial charge in [0.05, 0.1) is 28.1 Å². The fourth-order valence-corrected chi connectivity index (χ4v) is 2.58. The van der Waals surface area contributed by atoms with Gasteiger partial charge in [-0.15, -0.1) is 0 Å². The zero-order chi connectivity index (χ0) is 20.5. The summed E-state index contributed by atoms with van der Waals surface area (Å²) in [5, 5.41) is 12.8. The van der Waals surface area contributed by atoms with E-state index < -0.39 is 29.3 Å². The summed E-state index contributed by atoms with van der Waals surface area (Å²) < 4.78 is 45.0. The second-order valence-electron chi connectivity index (χ2n) is 5.49. The van der Waals surface area contributed by atoms with Crippen molar-refractivity contribution in [2.24, 2.45) is 5.10 Å². The van der Waals surface area contributed by atoms with E-state index in [0.717, 1.165) is 18.2 Å². The molecule has 6 nitrogen and oxygen atoms in total. The van der Waals surface area contributed by atoms with Gasteiger partial charge in [0.1, 0.15) is 5.76 Å². The first kappa shape index (κ1) is 19.4. The summed E-state index contributed by atoms with van der Waals surface area (Å²) >= 11 is 5.75. The highest BCUT2D eigenvalue weighted by Gasteiger charge is 2.46. The van der Waals surface area contributed by atoms with Crippen LogP contribution in [0.4, 0.5) is 18.9 Å². The van der Waals surface area contributed by atoms with Crippen molar-refractivity contribution in [1.82, 2.24) is 0 Å². The average Bonchev–Trinajstić information content (AvgIpc) is 3.24. The number of allylic oxidation sites excluding steroid dienone is 2. The van der Waals surface area contributed by atoms with Crippen LogP contribution in [0.25, 0.3) is 6.08 Å². The van der Waals surface area contributed by atoms with E-state index in [2.05, 4.69) is 5.10 Å². The highest BCUT2D eigenvalue weighted by atomic mass is 35.5. The quantitative estimate of drug-likeness (QED) is 0.750. The van der Waals surface area contributed by atoms with Crippen LogP contribution in [-0.4, -0.2) is 28.9 Å². The Morgan fingerprint density at radius 3 is 2.64 bits per heavy atom. The largest absolute Gasteiger partial charge is 0.478 e. The van der Waals surface area contributed by atoms with Crippen LogP contribution in [0.15, 0.2) is 63.8 Å². The minimum absolute atomic E-state index is 0.125. The third-order valence-electron chi connectivity index (χ3n) is 3.64. The standard InChI is InChI=1S/C18H10ClF3N2O4/c19-14-7-6-10(9-13(14)17(26)27)24-16(25)12(15(23-24)18(20,21)22)5-1-3-11-4-2-8-28-11/h1-9H,(H,26,27). The van der Waals surface area contributed by atoms with Gasteiger partial charge in [-0.05, 0) is 42.5 Å². The number of alkyl halides is 3. The summed E-state index contributed by atoms with van der Waals surface area (Å²) in [6, 6.07) is 6.51. The van der Waals surface area contributed by atoms with Crippen molar-refractivity contribution >= 4 is 41.0 Å². The van der Waals surface area contributed by atoms with Crippen LogP contribution in [0.5, 0.6) is 0 Å². The molecule has 0 aliphatic carbocycles. The first-order valence-electron chi connectivity index (χ1n) is 7.64. The minimum Gasteiger partial charge on any atom is -0.478 e. The van der Waals surface area contributed by atoms with E-state index in [1.165, 1.54) is 24.5 Å². The lowest BCUT2D eigenvalue weighted by Crippen LogP contribution is -2.25. The fraction of sp³-hybridized carbons (Fsp3) is 0.0556. The van der Waals surface area contributed by atoms with Gasteiger partial charge in [-0.2, -0.15) is 23.3 Å². The molecule has 2 heterocycles. The second kappa shape index (κ2) is 7.35. The third kappa shape index (κ3) is 3.84. The van der Waals surface area contributed by atoms with Gasteiger partial charge in [0.15, 0.2) is 5.71 Å². The van der Waals surface area contributed by atoms with Crippen molar-refractivity contribution in [3.63, 3.8) is 0 Å². The number of rotatable bonds is 4. The number of amides is 1. The zero-order valence-corrected chi connectivity index (χ0v) is 14.5. The van der Waals surface area contributed by atoms with E-state index >= 15 is 0 Å². The molecule has 1 aromatic carbocycles. The Bertz CT molecular complexity index is 1020. The van der Waals surface area contributed by atoms with Gasteiger partial charge >= 0.3 is 12.1 Å². The first-order chi connectivity index (χ1) is 13.2. The van der Waals surface area contributed by atoms with Gasteiger partial charge in [-0.25, -0.2) is 4.79 Å². The average molecular weight is 411 g/mol. The molecule has 0 saturated heterocycles. The van der Waals surface area contributed by atoms with E-state index in [9.17, 15) is 22.8 Å². The normalized spacial score (nSPS) is 16.3. The zero-order valence-electron chi connectivity index (χ0n) is 13.8. The maximum absolute atomic E-state index is 13.3. The molecule has 28 heavy (non-hydrogen) atoms. The Kier molecular flexibility index (Phi) is 5.10. The van der Waals surface area contributed by atoms with Crippen LogP contribution >= 0.6 is 11.6 Å². The summed E-state index contributed by atoms with van der Waals surface area (Å²) in [6.07, 6.45) is 0.0591. The van der Waals surface area contributed by atoms with Gasteiger partial charge in [-0.3, -0.25) is 4.79 Å². The maximum Gasteiger partial charge on any atom is 0.435 e. The molecule has 0 atom stereocenters. The van der Waals surface area contributed by atoms with E-state index in [-0.39, 0.29) is 16.3 Å². The molecule has 1 aliphatic heterocycles. The number of halogens is 4. The van der Waals surface area contributed by atoms with Crippen molar-refractivity contribution in [1.29, 1.82) is 0 Å². The van der Waals surface area contributed by atoms with E-state index in [1.54, 1.807) is 12.1 Å². The summed E-state index contributed by atoms with van der Waals surface area (Å²) in [5.41, 5.74) is -2.62. The van der Waals surface area contributed by atoms with Gasteiger partial charge in [-0.1, -0.05) is 17.7 Å². The summed E-state index contributed by atoms with van der Waals surface area (Å²) in [7, 11) is 0. The Labute approximate surface area is 160 Å². The van der Waals surface area contributed by atoms with Gasteiger partial charge in [0.25, 0.3) is 5.91 Å². The number of hydrazone groups is 1. The molecular weight excluding hydrogens is 401 g/mol. The molecule has 1 N–H and O–H groups in total. The first-order valence-corrected chi connectivity index (χ1v) is 8.01. The van der Waals surface area contributed by atoms with Gasteiger partial charge in [0, 0.05) is 0 Å². The van der Waals surface area contributed by atoms with Crippen molar-refractivity contribution in [3.05, 3.63) is 70.7 Å². The van der Waals surface area contributed by atoms with E-state index in [4.69, 9.17) is 21.1 Å². The number of nitrogens with zero attached hydrogens (tertiary/aromatic N) is 2. The molecule has 0 fully saturated rings. The third-order valence-corrected chi connectivity index (χ3v) is 3.97. The van der Waals surface area contributed by atoms with Crippen LogP contribution in [0.1, 0.15) is 16.1 Å². The number of hydrogen-bond acceptors (Lipinski definition) is 4. The molecule has 0 unspecified atom stereocenters. The Hall–Kier alpha value is -3.33. The van der Waals surface area contributed by atoms with Crippen LogP contribution in [-0.2, 0) is 4.79 Å². The minimum atomic E-state index is -4.89. The van der Waals surface area contributed by atoms with Crippen molar-refractivity contribution in [2.75, 3.05) is 5.01 Å². The van der Waals surface area contributed by atoms with E-state index in [1.807, 2.05) is 0 Å². The molecule has 1 amide bonds. The number of carbonyl (C=O) groups is 2. The Morgan fingerprint density at radius 1 is 1.29 bits per heavy atom. The molecule has 1 aliphatic rings. The van der Waals surface area contributed by atoms with Crippen molar-refractivity contribution in [3.8, 4) is 0 Å². The second-order valence-corrected chi connectivity index (χ2v) is 5.89. The van der Waals surface area contributed by atoms with Crippen LogP contribution in [0.3, 0.4) is 0 Å². The molecule has 10 heteroatoms. The van der Waals surface area contributed by atoms with Gasteiger partial charge in [0.2, 0.25) is 0 Å². The summed E-state index contributed by atoms with van der Waals surface area (Å²) in [6.45, 7) is 0. The lowest BCUT2D eigenvalue weighted by Gasteiger charge is -2.12. The highest BCUT2D eigenvalue weighted by molar-refractivity contribution is 6.34. The topological polar surface area (TPSA) is 83.1 Å². The molecule has 2 aromatic rings. The number of aromatic carboxylic acids is 1. The predicted octanol–water partition coefficient (Wildman–Crippen LogP) is 4.54. The van der Waals surface area contributed by atoms with Gasteiger partial charge < -0.3 is 9.52 Å². The molecule has 144 valence electrons. The molecule has 3 rings (SSSR count). The van der Waals surface area contributed by atoms with Crippen molar-refractivity contribution < 1.29 is 32.3 Å². The maximum atomic E-state index is 13.3. The van der Waals surface area contributed by atoms with Crippen LogP contribution < -0.4 is 5.01 Å². The predicted molar refractivity (Wildman–Crippen MR) is 95.2 cm³/mol. The monoisotopic (exact) mass is 410 g/mol. The Balaban J connectivity index is 2.01. The number of anilines is 1. The van der Waals surface area contributed by atoms with Crippen molar-refractivity contribution in [2.45, 2.75) is 6.18 Å². The van der Waals surface area contributed by atoms with E-state index in [0.29, 0.717) is 10.8 Å².